The smallest absolute Gasteiger partial charge is 0.335 e. The van der Waals surface area contributed by atoms with E-state index < -0.39 is 23.8 Å². The van der Waals surface area contributed by atoms with Crippen molar-refractivity contribution in [3.8, 4) is 0 Å². The average Bonchev–Trinajstić information content (AvgIpc) is 2.91. The fourth-order valence-electron chi connectivity index (χ4n) is 3.40. The van der Waals surface area contributed by atoms with Gasteiger partial charge >= 0.3 is 5.97 Å². The van der Waals surface area contributed by atoms with Crippen LogP contribution in [0.1, 0.15) is 51.4 Å². The molecule has 1 heterocycles. The largest absolute Gasteiger partial charge is 0.478 e. The van der Waals surface area contributed by atoms with E-state index in [9.17, 15) is 23.9 Å². The lowest BCUT2D eigenvalue weighted by Crippen LogP contribution is -2.36. The molecule has 1 unspecified atom stereocenters. The van der Waals surface area contributed by atoms with E-state index in [2.05, 4.69) is 27.2 Å². The van der Waals surface area contributed by atoms with Crippen LogP contribution in [0.2, 0.25) is 0 Å². The van der Waals surface area contributed by atoms with E-state index in [-0.39, 0.29) is 29.3 Å². The van der Waals surface area contributed by atoms with Gasteiger partial charge in [0.1, 0.15) is 23.5 Å². The topological polar surface area (TPSA) is 121 Å². The molecule has 9 heteroatoms. The maximum absolute atomic E-state index is 13.4. The van der Waals surface area contributed by atoms with Crippen molar-refractivity contribution in [2.45, 2.75) is 38.8 Å². The van der Waals surface area contributed by atoms with E-state index >= 15 is 0 Å². The summed E-state index contributed by atoms with van der Waals surface area (Å²) in [5, 5.41) is 14.7. The molecule has 3 N–H and O–H groups in total. The van der Waals surface area contributed by atoms with Crippen molar-refractivity contribution < 1.29 is 23.9 Å². The summed E-state index contributed by atoms with van der Waals surface area (Å²) in [5.41, 5.74) is 1.97. The van der Waals surface area contributed by atoms with E-state index in [0.717, 1.165) is 11.9 Å². The minimum Gasteiger partial charge on any atom is -0.478 e. The number of hydrogen-bond acceptors (Lipinski definition) is 5. The van der Waals surface area contributed by atoms with Gasteiger partial charge in [0, 0.05) is 12.6 Å². The molecule has 0 radical (unpaired) electrons. The van der Waals surface area contributed by atoms with Gasteiger partial charge in [0.15, 0.2) is 0 Å². The molecule has 0 saturated carbocycles. The number of halogens is 1. The fraction of sp³-hybridized carbons (Fsp3) is 0.240. The third-order valence-corrected chi connectivity index (χ3v) is 5.35. The number of benzene rings is 1. The lowest BCUT2D eigenvalue weighted by Gasteiger charge is -2.18. The first-order chi connectivity index (χ1) is 16.2. The Hall–Kier alpha value is -4.14. The minimum atomic E-state index is -1.02. The summed E-state index contributed by atoms with van der Waals surface area (Å²) in [7, 11) is 0. The predicted molar refractivity (Wildman–Crippen MR) is 123 cm³/mol. The quantitative estimate of drug-likeness (QED) is 0.603. The molecular formula is C25H25FN4O4. The molecule has 3 rings (SSSR count). The lowest BCUT2D eigenvalue weighted by atomic mass is 10.0. The second kappa shape index (κ2) is 11.1. The average molecular weight is 464 g/mol. The van der Waals surface area contributed by atoms with Crippen LogP contribution in [-0.2, 0) is 11.3 Å². The Balaban J connectivity index is 1.65. The highest BCUT2D eigenvalue weighted by Crippen LogP contribution is 2.16. The zero-order valence-corrected chi connectivity index (χ0v) is 18.7. The van der Waals surface area contributed by atoms with Crippen molar-refractivity contribution in [2.75, 3.05) is 0 Å². The summed E-state index contributed by atoms with van der Waals surface area (Å²) in [6, 6.07) is 5.43. The van der Waals surface area contributed by atoms with Gasteiger partial charge in [-0.2, -0.15) is 0 Å². The van der Waals surface area contributed by atoms with Crippen molar-refractivity contribution in [1.29, 1.82) is 0 Å². The molecule has 1 aliphatic rings. The van der Waals surface area contributed by atoms with Crippen LogP contribution in [0.3, 0.4) is 0 Å². The van der Waals surface area contributed by atoms with E-state index in [1.165, 1.54) is 18.2 Å². The molecule has 8 nitrogen and oxygen atoms in total. The number of hydrogen-bond donors (Lipinski definition) is 3. The monoisotopic (exact) mass is 464 g/mol. The summed E-state index contributed by atoms with van der Waals surface area (Å²) in [6.07, 6.45) is 7.58. The number of carboxylic acid groups (broad SMARTS) is 1. The summed E-state index contributed by atoms with van der Waals surface area (Å²) < 4.78 is 13.4. The van der Waals surface area contributed by atoms with Gasteiger partial charge in [0.2, 0.25) is 0 Å². The van der Waals surface area contributed by atoms with E-state index in [1.807, 2.05) is 0 Å². The summed E-state index contributed by atoms with van der Waals surface area (Å²) in [5.74, 6) is -2.34. The van der Waals surface area contributed by atoms with Crippen molar-refractivity contribution in [3.05, 3.63) is 94.9 Å². The van der Waals surface area contributed by atoms with Gasteiger partial charge in [0.25, 0.3) is 11.8 Å². The minimum absolute atomic E-state index is 0.0128. The van der Waals surface area contributed by atoms with Crippen LogP contribution in [0.4, 0.5) is 4.39 Å². The van der Waals surface area contributed by atoms with Crippen molar-refractivity contribution in [1.82, 2.24) is 20.6 Å². The first-order valence-corrected chi connectivity index (χ1v) is 10.7. The maximum atomic E-state index is 13.4. The molecule has 0 saturated heterocycles. The van der Waals surface area contributed by atoms with Crippen molar-refractivity contribution in [2.24, 2.45) is 0 Å². The Labute approximate surface area is 196 Å². The van der Waals surface area contributed by atoms with E-state index in [1.54, 1.807) is 31.2 Å². The Kier molecular flexibility index (Phi) is 8.02. The third kappa shape index (κ3) is 6.44. The molecule has 176 valence electrons. The highest BCUT2D eigenvalue weighted by atomic mass is 19.1. The van der Waals surface area contributed by atoms with Gasteiger partial charge in [0.05, 0.1) is 11.6 Å². The summed E-state index contributed by atoms with van der Waals surface area (Å²) in [6.45, 7) is 5.76. The number of nitrogens with zero attached hydrogens (tertiary/aromatic N) is 2. The van der Waals surface area contributed by atoms with E-state index in [4.69, 9.17) is 0 Å². The normalized spacial score (nSPS) is 18.5. The zero-order chi connectivity index (χ0) is 24.7. The lowest BCUT2D eigenvalue weighted by molar-refractivity contribution is -0.132. The molecule has 1 aliphatic carbocycles. The first kappa shape index (κ1) is 24.5. The maximum Gasteiger partial charge on any atom is 0.335 e. The summed E-state index contributed by atoms with van der Waals surface area (Å²) in [4.78, 5) is 44.5. The Bertz CT molecular complexity index is 1190. The molecule has 0 aliphatic heterocycles. The van der Waals surface area contributed by atoms with Crippen molar-refractivity contribution in [3.63, 3.8) is 0 Å². The van der Waals surface area contributed by atoms with Crippen LogP contribution >= 0.6 is 0 Å². The molecule has 1 aromatic carbocycles. The molecule has 1 aromatic heterocycles. The van der Waals surface area contributed by atoms with Gasteiger partial charge in [-0.1, -0.05) is 30.9 Å². The molecule has 0 spiro atoms. The molecule has 1 atom stereocenters. The summed E-state index contributed by atoms with van der Waals surface area (Å²) >= 11 is 0. The number of aryl methyl sites for hydroxylation is 1. The van der Waals surface area contributed by atoms with Gasteiger partial charge in [-0.15, -0.1) is 0 Å². The first-order valence-electron chi connectivity index (χ1n) is 10.7. The van der Waals surface area contributed by atoms with Gasteiger partial charge in [-0.3, -0.25) is 9.59 Å². The number of nitrogens with one attached hydrogen (secondary N) is 2. The van der Waals surface area contributed by atoms with Crippen LogP contribution in [-0.4, -0.2) is 38.9 Å². The van der Waals surface area contributed by atoms with Gasteiger partial charge < -0.3 is 15.7 Å². The molecule has 0 bridgehead atoms. The van der Waals surface area contributed by atoms with Crippen LogP contribution in [0.25, 0.3) is 0 Å². The van der Waals surface area contributed by atoms with Crippen molar-refractivity contribution >= 4 is 17.8 Å². The fourth-order valence-corrected chi connectivity index (χ4v) is 3.40. The SMILES string of the molecule is C=C1/C=C\C(C(=O)O)=C/CCCC1NC(=O)c1cc(C(=O)NCc2ccc(F)c(C)c2)ncn1. The molecule has 34 heavy (non-hydrogen) atoms. The predicted octanol–water partition coefficient (Wildman–Crippen LogP) is 3.26. The van der Waals surface area contributed by atoms with Crippen LogP contribution < -0.4 is 10.6 Å². The van der Waals surface area contributed by atoms with E-state index in [0.29, 0.717) is 30.4 Å². The van der Waals surface area contributed by atoms with Gasteiger partial charge in [-0.05, 0) is 55.0 Å². The number of allylic oxidation sites excluding steroid dienone is 1. The third-order valence-electron chi connectivity index (χ3n) is 5.35. The number of aromatic nitrogens is 2. The number of amides is 2. The number of carbonyl (C=O) groups excluding carboxylic acids is 2. The number of carbonyl (C=O) groups is 3. The zero-order valence-electron chi connectivity index (χ0n) is 18.7. The molecule has 0 fully saturated rings. The Morgan fingerprint density at radius 3 is 2.59 bits per heavy atom. The number of rotatable bonds is 6. The Morgan fingerprint density at radius 1 is 1.15 bits per heavy atom. The second-order valence-corrected chi connectivity index (χ2v) is 7.88. The second-order valence-electron chi connectivity index (χ2n) is 7.88. The van der Waals surface area contributed by atoms with Crippen LogP contribution in [0, 0.1) is 12.7 Å². The molecule has 2 amide bonds. The molecule has 2 aromatic rings. The standard InChI is InChI=1S/C25H25FN4O4/c1-15-7-9-18(25(33)34)5-3-4-6-20(15)30-24(32)22-12-21(28-14-29-22)23(31)27-13-17-8-10-19(26)16(2)11-17/h5,7-12,14,20H,1,3-4,6,13H2,2H3,(H,27,31)(H,30,32)(H,33,34)/b9-7-,18-5+. The van der Waals surface area contributed by atoms with Crippen LogP contribution in [0.5, 0.6) is 0 Å². The molecular weight excluding hydrogens is 439 g/mol. The van der Waals surface area contributed by atoms with Gasteiger partial charge in [-0.25, -0.2) is 19.2 Å². The highest BCUT2D eigenvalue weighted by Gasteiger charge is 2.19. The Morgan fingerprint density at radius 2 is 1.88 bits per heavy atom. The number of carboxylic acids is 1. The van der Waals surface area contributed by atoms with Crippen LogP contribution in [0.15, 0.2) is 66.5 Å². The highest BCUT2D eigenvalue weighted by molar-refractivity contribution is 5.97. The number of aliphatic carboxylic acids is 1.